The number of aromatic nitrogens is 3. The van der Waals surface area contributed by atoms with Gasteiger partial charge in [-0.3, -0.25) is 19.7 Å². The molecule has 2 aromatic rings. The van der Waals surface area contributed by atoms with E-state index < -0.39 is 11.9 Å². The van der Waals surface area contributed by atoms with Crippen LogP contribution in [0.3, 0.4) is 0 Å². The van der Waals surface area contributed by atoms with Gasteiger partial charge in [-0.1, -0.05) is 18.2 Å². The van der Waals surface area contributed by atoms with Gasteiger partial charge in [-0.2, -0.15) is 10.1 Å². The van der Waals surface area contributed by atoms with Crippen LogP contribution < -0.4 is 16.0 Å². The molecule has 0 bridgehead atoms. The summed E-state index contributed by atoms with van der Waals surface area (Å²) in [5.41, 5.74) is 8.13. The molecule has 3 aliphatic heterocycles. The van der Waals surface area contributed by atoms with Gasteiger partial charge in [-0.05, 0) is 30.5 Å². The molecule has 4 heterocycles. The summed E-state index contributed by atoms with van der Waals surface area (Å²) >= 11 is 0. The van der Waals surface area contributed by atoms with Gasteiger partial charge in [-0.25, -0.2) is 4.68 Å². The second-order valence-corrected chi connectivity index (χ2v) is 8.22. The Kier molecular flexibility index (Phi) is 4.93. The number of fused-ring (bicyclic) bond motifs is 2. The van der Waals surface area contributed by atoms with Crippen molar-refractivity contribution in [3.8, 4) is 0 Å². The molecule has 0 aliphatic carbocycles. The van der Waals surface area contributed by atoms with Crippen molar-refractivity contribution in [3.63, 3.8) is 0 Å². The van der Waals surface area contributed by atoms with Gasteiger partial charge in [0.25, 0.3) is 5.91 Å². The molecule has 1 aromatic heterocycles. The molecule has 1 atom stereocenters. The molecule has 3 aliphatic rings. The number of aryl methyl sites for hydroxylation is 1. The standard InChI is InChI=1S/C21H25N7O3/c22-8-7-16-23-21-26(9-2-10-28(21)25-16)11-13-3-1-4-14-12-27(20(31)18(13)14)15-5-6-17(29)24-19(15)30/h1,3-4,15H,2,5-12,22H2,(H,24,29,30). The summed E-state index contributed by atoms with van der Waals surface area (Å²) in [6.07, 6.45) is 2.19. The molecule has 0 spiro atoms. The molecule has 1 fully saturated rings. The van der Waals surface area contributed by atoms with Crippen molar-refractivity contribution in [2.24, 2.45) is 5.73 Å². The Morgan fingerprint density at radius 1 is 1.19 bits per heavy atom. The molecule has 10 heteroatoms. The van der Waals surface area contributed by atoms with Crippen LogP contribution in [0.25, 0.3) is 0 Å². The van der Waals surface area contributed by atoms with Gasteiger partial charge in [0.15, 0.2) is 5.82 Å². The third-order valence-corrected chi connectivity index (χ3v) is 6.14. The molecule has 31 heavy (non-hydrogen) atoms. The predicted octanol–water partition coefficient (Wildman–Crippen LogP) is -0.0494. The number of hydrogen-bond donors (Lipinski definition) is 2. The molecule has 162 valence electrons. The van der Waals surface area contributed by atoms with Gasteiger partial charge in [0.2, 0.25) is 17.8 Å². The third-order valence-electron chi connectivity index (χ3n) is 6.14. The number of amides is 3. The topological polar surface area (TPSA) is 126 Å². The largest absolute Gasteiger partial charge is 0.337 e. The van der Waals surface area contributed by atoms with Crippen LogP contribution in [0.2, 0.25) is 0 Å². The molecule has 1 aromatic carbocycles. The number of carbonyl (C=O) groups excluding carboxylic acids is 3. The quantitative estimate of drug-likeness (QED) is 0.646. The van der Waals surface area contributed by atoms with E-state index in [1.54, 1.807) is 4.90 Å². The fourth-order valence-corrected chi connectivity index (χ4v) is 4.69. The first kappa shape index (κ1) is 19.7. The van der Waals surface area contributed by atoms with Gasteiger partial charge >= 0.3 is 0 Å². The van der Waals surface area contributed by atoms with E-state index in [2.05, 4.69) is 20.3 Å². The molecule has 1 saturated heterocycles. The van der Waals surface area contributed by atoms with Crippen molar-refractivity contribution in [1.82, 2.24) is 25.0 Å². The van der Waals surface area contributed by atoms with E-state index in [1.165, 1.54) is 0 Å². The normalized spacial score (nSPS) is 20.7. The highest BCUT2D eigenvalue weighted by molar-refractivity contribution is 6.06. The van der Waals surface area contributed by atoms with Crippen LogP contribution in [0.15, 0.2) is 18.2 Å². The number of nitrogens with zero attached hydrogens (tertiary/aromatic N) is 5. The highest BCUT2D eigenvalue weighted by Gasteiger charge is 2.40. The van der Waals surface area contributed by atoms with Crippen LogP contribution in [0.4, 0.5) is 5.95 Å². The number of nitrogens with one attached hydrogen (secondary N) is 1. The number of anilines is 1. The molecule has 0 radical (unpaired) electrons. The minimum absolute atomic E-state index is 0.151. The molecule has 1 unspecified atom stereocenters. The Morgan fingerprint density at radius 2 is 2.06 bits per heavy atom. The zero-order valence-corrected chi connectivity index (χ0v) is 17.2. The number of nitrogens with two attached hydrogens (primary N) is 1. The van der Waals surface area contributed by atoms with E-state index in [4.69, 9.17) is 5.73 Å². The third kappa shape index (κ3) is 3.46. The fourth-order valence-electron chi connectivity index (χ4n) is 4.69. The summed E-state index contributed by atoms with van der Waals surface area (Å²) in [7, 11) is 0. The van der Waals surface area contributed by atoms with E-state index in [9.17, 15) is 14.4 Å². The maximum atomic E-state index is 13.3. The number of benzene rings is 1. The smallest absolute Gasteiger partial charge is 0.255 e. The zero-order valence-electron chi connectivity index (χ0n) is 17.2. The second kappa shape index (κ2) is 7.77. The summed E-state index contributed by atoms with van der Waals surface area (Å²) in [5, 5.41) is 6.89. The van der Waals surface area contributed by atoms with Crippen molar-refractivity contribution in [3.05, 3.63) is 40.7 Å². The number of piperidine rings is 1. The van der Waals surface area contributed by atoms with E-state index in [-0.39, 0.29) is 18.2 Å². The lowest BCUT2D eigenvalue weighted by molar-refractivity contribution is -0.136. The Labute approximate surface area is 179 Å². The van der Waals surface area contributed by atoms with Crippen molar-refractivity contribution < 1.29 is 14.4 Å². The van der Waals surface area contributed by atoms with Crippen LogP contribution in [0.1, 0.15) is 46.6 Å². The highest BCUT2D eigenvalue weighted by Crippen LogP contribution is 2.31. The SMILES string of the molecule is NCCc1nc2n(n1)CCCN2Cc1cccc2c1C(=O)N(C1CCC(=O)NC1=O)C2. The van der Waals surface area contributed by atoms with E-state index in [0.717, 1.165) is 42.4 Å². The van der Waals surface area contributed by atoms with Crippen LogP contribution in [-0.2, 0) is 35.6 Å². The minimum atomic E-state index is -0.609. The highest BCUT2D eigenvalue weighted by atomic mass is 16.2. The van der Waals surface area contributed by atoms with Crippen molar-refractivity contribution in [2.75, 3.05) is 18.0 Å². The molecular weight excluding hydrogens is 398 g/mol. The van der Waals surface area contributed by atoms with E-state index in [1.807, 2.05) is 22.9 Å². The summed E-state index contributed by atoms with van der Waals surface area (Å²) in [4.78, 5) is 45.5. The first-order valence-corrected chi connectivity index (χ1v) is 10.7. The van der Waals surface area contributed by atoms with Gasteiger partial charge in [0.1, 0.15) is 6.04 Å². The molecular formula is C21H25N7O3. The van der Waals surface area contributed by atoms with E-state index in [0.29, 0.717) is 38.0 Å². The predicted molar refractivity (Wildman–Crippen MR) is 111 cm³/mol. The van der Waals surface area contributed by atoms with Crippen LogP contribution in [0.5, 0.6) is 0 Å². The molecule has 0 saturated carbocycles. The molecule has 3 N–H and O–H groups in total. The Hall–Kier alpha value is -3.27. The molecule has 10 nitrogen and oxygen atoms in total. The first-order valence-electron chi connectivity index (χ1n) is 10.7. The van der Waals surface area contributed by atoms with E-state index >= 15 is 0 Å². The van der Waals surface area contributed by atoms with Crippen molar-refractivity contribution in [1.29, 1.82) is 0 Å². The van der Waals surface area contributed by atoms with Gasteiger partial charge in [0, 0.05) is 44.6 Å². The Bertz CT molecular complexity index is 1060. The zero-order chi connectivity index (χ0) is 21.5. The van der Waals surface area contributed by atoms with Crippen LogP contribution in [-0.4, -0.2) is 56.5 Å². The summed E-state index contributed by atoms with van der Waals surface area (Å²) in [6, 6.07) is 5.23. The van der Waals surface area contributed by atoms with Gasteiger partial charge in [0.05, 0.1) is 0 Å². The van der Waals surface area contributed by atoms with Gasteiger partial charge in [-0.15, -0.1) is 0 Å². The first-order chi connectivity index (χ1) is 15.0. The lowest BCUT2D eigenvalue weighted by Crippen LogP contribution is -2.52. The summed E-state index contributed by atoms with van der Waals surface area (Å²) in [6.45, 7) is 3.07. The summed E-state index contributed by atoms with van der Waals surface area (Å²) < 4.78 is 1.91. The number of hydrogen-bond acceptors (Lipinski definition) is 7. The average molecular weight is 423 g/mol. The Morgan fingerprint density at radius 3 is 2.87 bits per heavy atom. The average Bonchev–Trinajstić information content (AvgIpc) is 3.30. The maximum absolute atomic E-state index is 13.3. The maximum Gasteiger partial charge on any atom is 0.255 e. The minimum Gasteiger partial charge on any atom is -0.337 e. The molecule has 5 rings (SSSR count). The van der Waals surface area contributed by atoms with Crippen LogP contribution >= 0.6 is 0 Å². The lowest BCUT2D eigenvalue weighted by atomic mass is 10.0. The summed E-state index contributed by atoms with van der Waals surface area (Å²) in [5.74, 6) is 0.717. The lowest BCUT2D eigenvalue weighted by Gasteiger charge is -2.30. The van der Waals surface area contributed by atoms with Gasteiger partial charge < -0.3 is 15.5 Å². The monoisotopic (exact) mass is 423 g/mol. The fraction of sp³-hybridized carbons (Fsp3) is 0.476. The number of imide groups is 1. The van der Waals surface area contributed by atoms with Crippen molar-refractivity contribution >= 4 is 23.7 Å². The van der Waals surface area contributed by atoms with Crippen LogP contribution in [0, 0.1) is 0 Å². The second-order valence-electron chi connectivity index (χ2n) is 8.22. The number of rotatable bonds is 5. The number of carbonyl (C=O) groups is 3. The Balaban J connectivity index is 1.40. The van der Waals surface area contributed by atoms with Crippen molar-refractivity contribution in [2.45, 2.75) is 51.4 Å². The molecule has 3 amide bonds.